The van der Waals surface area contributed by atoms with Crippen molar-refractivity contribution in [2.75, 3.05) is 0 Å². The van der Waals surface area contributed by atoms with Gasteiger partial charge in [0.15, 0.2) is 14.3 Å². The summed E-state index contributed by atoms with van der Waals surface area (Å²) in [6.45, 7) is 35.5. The molecule has 0 aromatic heterocycles. The number of rotatable bonds is 14. The molecule has 0 aliphatic rings. The molecule has 58 heavy (non-hydrogen) atoms. The van der Waals surface area contributed by atoms with E-state index in [9.17, 15) is 0 Å². The molecule has 0 N–H and O–H groups in total. The molecule has 5 rings (SSSR count). The summed E-state index contributed by atoms with van der Waals surface area (Å²) in [4.78, 5) is 0. The molecule has 4 heteroatoms. The Morgan fingerprint density at radius 2 is 0.517 bits per heavy atom. The third-order valence-electron chi connectivity index (χ3n) is 12.3. The van der Waals surface area contributed by atoms with Gasteiger partial charge < -0.3 is 9.13 Å². The largest absolute Gasteiger partial charge is 0.309 e. The molecule has 0 radical (unpaired) electrons. The number of benzene rings is 5. The predicted molar refractivity (Wildman–Crippen MR) is 258 cm³/mol. The van der Waals surface area contributed by atoms with Gasteiger partial charge in [0.25, 0.3) is 0 Å². The molecule has 0 heterocycles. The van der Waals surface area contributed by atoms with E-state index < -0.39 is 14.3 Å². The standard InChI is InChI=1S/C54H72O2P2/c1-33(2)41-20-24-51(47(28-41)37(9)10)57(55,52-25-21-42(34(3)4)29-48(52)38(11)12)45-18-17-19-46(32-45)58(56,53-26-22-43(35(5)6)30-49(53)39(13)14)54-27-23-44(36(7)8)31-50(54)40(15)16/h17-40H,1-16H3. The monoisotopic (exact) mass is 815 g/mol. The predicted octanol–water partition coefficient (Wildman–Crippen LogP) is 14.0. The second kappa shape index (κ2) is 18.0. The van der Waals surface area contributed by atoms with Crippen LogP contribution in [-0.2, 0) is 9.13 Å². The van der Waals surface area contributed by atoms with E-state index >= 15 is 9.13 Å². The Balaban J connectivity index is 1.98. The van der Waals surface area contributed by atoms with Crippen molar-refractivity contribution >= 4 is 46.1 Å². The molecule has 0 aliphatic heterocycles. The fourth-order valence-electron chi connectivity index (χ4n) is 8.43. The fraction of sp³-hybridized carbons (Fsp3) is 0.444. The summed E-state index contributed by atoms with van der Waals surface area (Å²) in [5, 5.41) is 4.99. The molecule has 310 valence electrons. The van der Waals surface area contributed by atoms with E-state index in [1.807, 2.05) is 18.2 Å². The normalized spacial score (nSPS) is 12.8. The topological polar surface area (TPSA) is 34.1 Å². The van der Waals surface area contributed by atoms with Crippen molar-refractivity contribution in [2.24, 2.45) is 0 Å². The average molecular weight is 815 g/mol. The fourth-order valence-corrected chi connectivity index (χ4v) is 15.3. The Morgan fingerprint density at radius 1 is 0.293 bits per heavy atom. The van der Waals surface area contributed by atoms with Crippen molar-refractivity contribution in [3.05, 3.63) is 142 Å². The highest BCUT2D eigenvalue weighted by atomic mass is 31.2. The van der Waals surface area contributed by atoms with Gasteiger partial charge in [-0.2, -0.15) is 0 Å². The Hall–Kier alpha value is -3.44. The SMILES string of the molecule is CC(C)c1ccc(P(=O)(c2cccc(P(=O)(c3ccc(C(C)C)cc3C(C)C)c3ccc(C(C)C)cc3C(C)C)c2)c2ccc(C(C)C)cc2C(C)C)c(C(C)C)c1. The minimum absolute atomic E-state index is 0.148. The summed E-state index contributed by atoms with van der Waals surface area (Å²) < 4.78 is 34.2. The van der Waals surface area contributed by atoms with Crippen molar-refractivity contribution in [3.63, 3.8) is 0 Å². The third-order valence-corrected chi connectivity index (χ3v) is 18.6. The van der Waals surface area contributed by atoms with Crippen molar-refractivity contribution in [3.8, 4) is 0 Å². The lowest BCUT2D eigenvalue weighted by Gasteiger charge is -2.31. The van der Waals surface area contributed by atoms with Gasteiger partial charge >= 0.3 is 0 Å². The molecule has 0 amide bonds. The van der Waals surface area contributed by atoms with Crippen LogP contribution in [0.5, 0.6) is 0 Å². The van der Waals surface area contributed by atoms with E-state index in [4.69, 9.17) is 0 Å². The zero-order valence-electron chi connectivity index (χ0n) is 38.6. The Kier molecular flexibility index (Phi) is 14.2. The smallest absolute Gasteiger partial charge is 0.171 e. The van der Waals surface area contributed by atoms with Gasteiger partial charge in [-0.3, -0.25) is 0 Å². The molecule has 0 fully saturated rings. The van der Waals surface area contributed by atoms with Crippen molar-refractivity contribution in [1.29, 1.82) is 0 Å². The van der Waals surface area contributed by atoms with Gasteiger partial charge in [-0.1, -0.05) is 202 Å². The molecule has 2 nitrogen and oxygen atoms in total. The van der Waals surface area contributed by atoms with E-state index in [1.54, 1.807) is 0 Å². The first-order valence-electron chi connectivity index (χ1n) is 22.0. The zero-order valence-corrected chi connectivity index (χ0v) is 40.4. The van der Waals surface area contributed by atoms with Crippen LogP contribution in [-0.4, -0.2) is 0 Å². The van der Waals surface area contributed by atoms with E-state index in [0.717, 1.165) is 54.1 Å². The van der Waals surface area contributed by atoms with Crippen LogP contribution < -0.4 is 31.8 Å². The third kappa shape index (κ3) is 8.72. The lowest BCUT2D eigenvalue weighted by Crippen LogP contribution is -2.34. The van der Waals surface area contributed by atoms with E-state index in [2.05, 4.69) is 190 Å². The van der Waals surface area contributed by atoms with E-state index in [0.29, 0.717) is 23.7 Å². The highest BCUT2D eigenvalue weighted by Gasteiger charge is 2.40. The van der Waals surface area contributed by atoms with E-state index in [1.165, 1.54) is 22.3 Å². The molecule has 0 atom stereocenters. The highest BCUT2D eigenvalue weighted by molar-refractivity contribution is 7.87. The Morgan fingerprint density at radius 3 is 0.707 bits per heavy atom. The van der Waals surface area contributed by atoms with Crippen molar-refractivity contribution in [2.45, 2.75) is 158 Å². The lowest BCUT2D eigenvalue weighted by molar-refractivity contribution is 0.591. The van der Waals surface area contributed by atoms with Crippen LogP contribution in [0.15, 0.2) is 97.1 Å². The first-order chi connectivity index (χ1) is 27.1. The molecule has 0 aliphatic carbocycles. The first kappa shape index (κ1) is 45.6. The summed E-state index contributed by atoms with van der Waals surface area (Å²) in [7, 11) is -7.13. The molecular formula is C54H72O2P2. The van der Waals surface area contributed by atoms with Gasteiger partial charge in [0.05, 0.1) is 0 Å². The van der Waals surface area contributed by atoms with Gasteiger partial charge in [0.2, 0.25) is 0 Å². The lowest BCUT2D eigenvalue weighted by atomic mass is 9.95. The van der Waals surface area contributed by atoms with Crippen LogP contribution in [0.1, 0.15) is 203 Å². The first-order valence-corrected chi connectivity index (χ1v) is 25.4. The minimum Gasteiger partial charge on any atom is -0.309 e. The minimum atomic E-state index is -3.56. The maximum atomic E-state index is 17.1. The van der Waals surface area contributed by atoms with Gasteiger partial charge in [-0.05, 0) is 97.9 Å². The van der Waals surface area contributed by atoms with Crippen LogP contribution in [0, 0.1) is 0 Å². The summed E-state index contributed by atoms with van der Waals surface area (Å²) >= 11 is 0. The number of hydrogen-bond donors (Lipinski definition) is 0. The van der Waals surface area contributed by atoms with Crippen LogP contribution >= 0.6 is 14.3 Å². The molecule has 0 bridgehead atoms. The molecule has 5 aromatic rings. The summed E-state index contributed by atoms with van der Waals surface area (Å²) in [5.41, 5.74) is 9.43. The maximum absolute atomic E-state index is 17.1. The molecule has 5 aromatic carbocycles. The van der Waals surface area contributed by atoms with Crippen LogP contribution in [0.4, 0.5) is 0 Å². The molecular weight excluding hydrogens is 743 g/mol. The molecule has 0 saturated carbocycles. The number of hydrogen-bond acceptors (Lipinski definition) is 2. The van der Waals surface area contributed by atoms with Crippen LogP contribution in [0.3, 0.4) is 0 Å². The van der Waals surface area contributed by atoms with Crippen molar-refractivity contribution in [1.82, 2.24) is 0 Å². The van der Waals surface area contributed by atoms with Gasteiger partial charge in [0, 0.05) is 31.8 Å². The Bertz CT molecular complexity index is 2040. The van der Waals surface area contributed by atoms with Gasteiger partial charge in [-0.15, -0.1) is 0 Å². The van der Waals surface area contributed by atoms with Crippen molar-refractivity contribution < 1.29 is 9.13 Å². The summed E-state index contributed by atoms with van der Waals surface area (Å²) in [6, 6.07) is 34.7. The maximum Gasteiger partial charge on any atom is 0.171 e. The second-order valence-electron chi connectivity index (χ2n) is 19.2. The van der Waals surface area contributed by atoms with Gasteiger partial charge in [0.1, 0.15) is 0 Å². The Labute approximate surface area is 353 Å². The quantitative estimate of drug-likeness (QED) is 0.105. The van der Waals surface area contributed by atoms with E-state index in [-0.39, 0.29) is 23.7 Å². The van der Waals surface area contributed by atoms with Crippen LogP contribution in [0.25, 0.3) is 0 Å². The summed E-state index contributed by atoms with van der Waals surface area (Å²) in [5.74, 6) is 1.95. The van der Waals surface area contributed by atoms with Crippen LogP contribution in [0.2, 0.25) is 0 Å². The summed E-state index contributed by atoms with van der Waals surface area (Å²) in [6.07, 6.45) is 0. The van der Waals surface area contributed by atoms with Gasteiger partial charge in [-0.25, -0.2) is 0 Å². The zero-order chi connectivity index (χ0) is 43.0. The average Bonchev–Trinajstić information content (AvgIpc) is 3.19. The highest BCUT2D eigenvalue weighted by Crippen LogP contribution is 2.51. The molecule has 0 spiro atoms. The molecule has 0 unspecified atom stereocenters. The molecule has 0 saturated heterocycles. The second-order valence-corrected chi connectivity index (χ2v) is 24.6.